The van der Waals surface area contributed by atoms with Crippen LogP contribution in [0.3, 0.4) is 0 Å². The quantitative estimate of drug-likeness (QED) is 0.503. The fourth-order valence-electron chi connectivity index (χ4n) is 3.12. The highest BCUT2D eigenvalue weighted by Gasteiger charge is 2.62. The van der Waals surface area contributed by atoms with Crippen molar-refractivity contribution in [3.8, 4) is 5.75 Å². The second-order valence-electron chi connectivity index (χ2n) is 6.76. The number of esters is 1. The van der Waals surface area contributed by atoms with Gasteiger partial charge in [-0.3, -0.25) is 0 Å². The number of hydrogen-bond donors (Lipinski definition) is 3. The molecule has 7 nitrogen and oxygen atoms in total. The summed E-state index contributed by atoms with van der Waals surface area (Å²) in [5.74, 6) is -2.11. The van der Waals surface area contributed by atoms with Gasteiger partial charge in [-0.2, -0.15) is 13.2 Å². The molecule has 1 atom stereocenters. The zero-order valence-corrected chi connectivity index (χ0v) is 17.0. The number of amides is 2. The van der Waals surface area contributed by atoms with E-state index < -0.39 is 29.3 Å². The Balaban J connectivity index is 1.85. The van der Waals surface area contributed by atoms with Crippen LogP contribution in [-0.2, 0) is 15.1 Å². The van der Waals surface area contributed by atoms with Gasteiger partial charge >= 0.3 is 18.2 Å². The van der Waals surface area contributed by atoms with Crippen LogP contribution in [0.15, 0.2) is 60.7 Å². The van der Waals surface area contributed by atoms with Gasteiger partial charge in [0.05, 0.1) is 19.9 Å². The van der Waals surface area contributed by atoms with Gasteiger partial charge in [-0.15, -0.1) is 0 Å². The number of fused-ring (bicyclic) bond motifs is 1. The molecule has 0 unspecified atom stereocenters. The predicted molar refractivity (Wildman–Crippen MR) is 112 cm³/mol. The molecule has 2 amide bonds. The number of nitrogens with one attached hydrogen (secondary N) is 2. The van der Waals surface area contributed by atoms with Crippen LogP contribution in [0.25, 0.3) is 10.8 Å². The second-order valence-corrected chi connectivity index (χ2v) is 6.76. The number of benzene rings is 3. The van der Waals surface area contributed by atoms with Gasteiger partial charge in [-0.25, -0.2) is 9.59 Å². The molecule has 32 heavy (non-hydrogen) atoms. The van der Waals surface area contributed by atoms with Crippen LogP contribution in [0.1, 0.15) is 5.56 Å². The standard InChI is InChI=1S/C22H19F3N2O5/c1-31-18-12-15(21(30,19(28)32-2)22(23,24)25)8-10-17(18)27-20(29)26-16-9-7-13-5-3-4-6-14(13)11-16/h3-12,30H,1-2H3,(H2,26,27,29)/t21-/m1/s1. The SMILES string of the molecule is COC(=O)[C@](O)(c1ccc(NC(=O)Nc2ccc3ccccc3c2)c(OC)c1)C(F)(F)F. The van der Waals surface area contributed by atoms with E-state index in [0.717, 1.165) is 43.2 Å². The number of methoxy groups -OCH3 is 2. The molecule has 168 valence electrons. The van der Waals surface area contributed by atoms with E-state index in [1.807, 2.05) is 30.3 Å². The number of carbonyl (C=O) groups is 2. The fourth-order valence-corrected chi connectivity index (χ4v) is 3.12. The van der Waals surface area contributed by atoms with E-state index in [9.17, 15) is 27.9 Å². The van der Waals surface area contributed by atoms with Gasteiger partial charge in [0.1, 0.15) is 5.75 Å². The van der Waals surface area contributed by atoms with Gasteiger partial charge in [-0.05, 0) is 35.0 Å². The summed E-state index contributed by atoms with van der Waals surface area (Å²) in [7, 11) is 1.89. The molecule has 3 aromatic rings. The number of ether oxygens (including phenoxy) is 2. The molecule has 0 aliphatic rings. The molecule has 3 rings (SSSR count). The molecule has 0 aliphatic heterocycles. The Labute approximate surface area is 180 Å². The largest absolute Gasteiger partial charge is 0.495 e. The summed E-state index contributed by atoms with van der Waals surface area (Å²) < 4.78 is 49.5. The Kier molecular flexibility index (Phi) is 6.26. The fraction of sp³-hybridized carbons (Fsp3) is 0.182. The first kappa shape index (κ1) is 22.9. The van der Waals surface area contributed by atoms with Crippen molar-refractivity contribution >= 4 is 34.1 Å². The molecule has 3 N–H and O–H groups in total. The van der Waals surface area contributed by atoms with E-state index in [-0.39, 0.29) is 11.4 Å². The third-order valence-corrected chi connectivity index (χ3v) is 4.77. The van der Waals surface area contributed by atoms with Gasteiger partial charge in [0.25, 0.3) is 5.60 Å². The molecular weight excluding hydrogens is 429 g/mol. The van der Waals surface area contributed by atoms with Gasteiger partial charge < -0.3 is 25.2 Å². The number of urea groups is 1. The van der Waals surface area contributed by atoms with Crippen molar-refractivity contribution in [2.24, 2.45) is 0 Å². The zero-order chi connectivity index (χ0) is 23.5. The Hall–Kier alpha value is -3.79. The van der Waals surface area contributed by atoms with Crippen molar-refractivity contribution in [2.45, 2.75) is 11.8 Å². The molecule has 0 spiro atoms. The third kappa shape index (κ3) is 4.30. The minimum Gasteiger partial charge on any atom is -0.495 e. The van der Waals surface area contributed by atoms with Gasteiger partial charge in [-0.1, -0.05) is 36.4 Å². The lowest BCUT2D eigenvalue weighted by molar-refractivity contribution is -0.266. The van der Waals surface area contributed by atoms with Crippen molar-refractivity contribution < 1.29 is 37.3 Å². The number of halogens is 3. The summed E-state index contributed by atoms with van der Waals surface area (Å²) in [6.45, 7) is 0. The van der Waals surface area contributed by atoms with Gasteiger partial charge in [0.2, 0.25) is 0 Å². The van der Waals surface area contributed by atoms with Gasteiger partial charge in [0.15, 0.2) is 0 Å². The summed E-state index contributed by atoms with van der Waals surface area (Å²) in [6.07, 6.45) is -5.35. The van der Waals surface area contributed by atoms with Crippen molar-refractivity contribution in [3.63, 3.8) is 0 Å². The van der Waals surface area contributed by atoms with Crippen molar-refractivity contribution in [2.75, 3.05) is 24.9 Å². The number of rotatable bonds is 5. The third-order valence-electron chi connectivity index (χ3n) is 4.77. The second kappa shape index (κ2) is 8.75. The van der Waals surface area contributed by atoms with E-state index in [2.05, 4.69) is 15.4 Å². The minimum atomic E-state index is -5.35. The Morgan fingerprint density at radius 2 is 1.59 bits per heavy atom. The van der Waals surface area contributed by atoms with Crippen molar-refractivity contribution in [1.29, 1.82) is 0 Å². The average Bonchev–Trinajstić information content (AvgIpc) is 2.77. The van der Waals surface area contributed by atoms with Crippen LogP contribution in [0, 0.1) is 0 Å². The number of anilines is 2. The molecule has 0 aromatic heterocycles. The Morgan fingerprint density at radius 1 is 0.906 bits per heavy atom. The molecule has 0 bridgehead atoms. The smallest absolute Gasteiger partial charge is 0.432 e. The van der Waals surface area contributed by atoms with Crippen LogP contribution in [0.5, 0.6) is 5.75 Å². The number of aliphatic hydroxyl groups is 1. The highest BCUT2D eigenvalue weighted by molar-refractivity contribution is 6.02. The molecule has 3 aromatic carbocycles. The summed E-state index contributed by atoms with van der Waals surface area (Å²) >= 11 is 0. The lowest BCUT2D eigenvalue weighted by atomic mass is 9.92. The summed E-state index contributed by atoms with van der Waals surface area (Å²) in [5, 5.41) is 17.1. The first-order valence-electron chi connectivity index (χ1n) is 9.23. The lowest BCUT2D eigenvalue weighted by Gasteiger charge is -2.28. The van der Waals surface area contributed by atoms with Crippen LogP contribution in [-0.4, -0.2) is 37.5 Å². The predicted octanol–water partition coefficient (Wildman–Crippen LogP) is 4.42. The summed E-state index contributed by atoms with van der Waals surface area (Å²) in [4.78, 5) is 24.1. The molecule has 10 heteroatoms. The minimum absolute atomic E-state index is 0.0175. The van der Waals surface area contributed by atoms with E-state index in [1.165, 1.54) is 0 Å². The molecular formula is C22H19F3N2O5. The zero-order valence-electron chi connectivity index (χ0n) is 17.0. The number of carbonyl (C=O) groups excluding carboxylic acids is 2. The van der Waals surface area contributed by atoms with E-state index in [4.69, 9.17) is 4.74 Å². The topological polar surface area (TPSA) is 96.9 Å². The van der Waals surface area contributed by atoms with Crippen LogP contribution in [0.2, 0.25) is 0 Å². The monoisotopic (exact) mass is 448 g/mol. The van der Waals surface area contributed by atoms with E-state index in [1.54, 1.807) is 12.1 Å². The summed E-state index contributed by atoms with van der Waals surface area (Å²) in [6, 6.07) is 14.9. The lowest BCUT2D eigenvalue weighted by Crippen LogP contribution is -2.49. The van der Waals surface area contributed by atoms with Crippen molar-refractivity contribution in [3.05, 3.63) is 66.2 Å². The average molecular weight is 448 g/mol. The molecule has 0 radical (unpaired) electrons. The molecule has 0 saturated heterocycles. The summed E-state index contributed by atoms with van der Waals surface area (Å²) in [5.41, 5.74) is -4.21. The first-order valence-corrected chi connectivity index (χ1v) is 9.23. The highest BCUT2D eigenvalue weighted by atomic mass is 19.4. The van der Waals surface area contributed by atoms with E-state index >= 15 is 0 Å². The van der Waals surface area contributed by atoms with Crippen LogP contribution in [0.4, 0.5) is 29.3 Å². The number of alkyl halides is 3. The normalized spacial score (nSPS) is 13.2. The molecule has 0 aliphatic carbocycles. The molecule has 0 heterocycles. The highest BCUT2D eigenvalue weighted by Crippen LogP contribution is 2.42. The Bertz CT molecular complexity index is 1170. The molecule has 0 saturated carbocycles. The first-order chi connectivity index (χ1) is 15.1. The van der Waals surface area contributed by atoms with Crippen molar-refractivity contribution in [1.82, 2.24) is 0 Å². The number of hydrogen-bond acceptors (Lipinski definition) is 5. The maximum atomic E-state index is 13.5. The maximum absolute atomic E-state index is 13.5. The van der Waals surface area contributed by atoms with Crippen LogP contribution < -0.4 is 15.4 Å². The molecule has 0 fully saturated rings. The van der Waals surface area contributed by atoms with E-state index in [0.29, 0.717) is 5.69 Å². The van der Waals surface area contributed by atoms with Crippen LogP contribution >= 0.6 is 0 Å². The maximum Gasteiger partial charge on any atom is 0.432 e. The van der Waals surface area contributed by atoms with Gasteiger partial charge in [0, 0.05) is 11.3 Å². The Morgan fingerprint density at radius 3 is 2.22 bits per heavy atom.